The molecule has 152 valence electrons. The van der Waals surface area contributed by atoms with Crippen LogP contribution >= 0.6 is 11.3 Å². The normalized spacial score (nSPS) is 19.8. The van der Waals surface area contributed by atoms with E-state index in [9.17, 15) is 10.1 Å². The van der Waals surface area contributed by atoms with Gasteiger partial charge >= 0.3 is 0 Å². The van der Waals surface area contributed by atoms with E-state index in [1.165, 1.54) is 17.7 Å². The average molecular weight is 409 g/mol. The predicted octanol–water partition coefficient (Wildman–Crippen LogP) is 4.38. The number of carbonyl (C=O) groups excluding carboxylic acids is 1. The Labute approximate surface area is 177 Å². The molecule has 1 aliphatic carbocycles. The Hall–Kier alpha value is -2.23. The molecular weight excluding hydrogens is 380 g/mol. The molecule has 2 fully saturated rings. The Morgan fingerprint density at radius 1 is 1.24 bits per heavy atom. The lowest BCUT2D eigenvalue weighted by molar-refractivity contribution is -0.133. The van der Waals surface area contributed by atoms with Gasteiger partial charge in [0.25, 0.3) is 0 Å². The maximum absolute atomic E-state index is 13.0. The molecule has 0 N–H and O–H groups in total. The van der Waals surface area contributed by atoms with Gasteiger partial charge < -0.3 is 4.90 Å². The van der Waals surface area contributed by atoms with Gasteiger partial charge in [0.2, 0.25) is 5.91 Å². The number of carbonyl (C=O) groups is 1. The number of benzene rings is 1. The van der Waals surface area contributed by atoms with Crippen LogP contribution < -0.4 is 0 Å². The average Bonchev–Trinajstić information content (AvgIpc) is 3.49. The van der Waals surface area contributed by atoms with Crippen LogP contribution in [0.4, 0.5) is 0 Å². The van der Waals surface area contributed by atoms with Gasteiger partial charge in [0.05, 0.1) is 18.3 Å². The number of rotatable bonds is 6. The van der Waals surface area contributed by atoms with Gasteiger partial charge in [-0.15, -0.1) is 11.3 Å². The fourth-order valence-electron chi connectivity index (χ4n) is 4.52. The summed E-state index contributed by atoms with van der Waals surface area (Å²) in [6, 6.07) is 12.8. The minimum atomic E-state index is -0.251. The summed E-state index contributed by atoms with van der Waals surface area (Å²) >= 11 is 1.72. The molecule has 1 aromatic heterocycles. The highest BCUT2D eigenvalue weighted by Gasteiger charge is 2.32. The van der Waals surface area contributed by atoms with E-state index < -0.39 is 0 Å². The van der Waals surface area contributed by atoms with Gasteiger partial charge in [-0.25, -0.2) is 4.98 Å². The van der Waals surface area contributed by atoms with E-state index in [1.807, 2.05) is 18.2 Å². The first-order valence-corrected chi connectivity index (χ1v) is 11.4. The van der Waals surface area contributed by atoms with Crippen molar-refractivity contribution in [3.8, 4) is 16.6 Å². The SMILES string of the molecule is Cc1sc(-c2ccccc2)nc1CN(CC(=O)N1CCCC1C#N)C1CCCC1. The monoisotopic (exact) mass is 408 g/mol. The molecule has 2 heterocycles. The Kier molecular flexibility index (Phi) is 6.27. The second-order valence-electron chi connectivity index (χ2n) is 8.11. The molecule has 0 bridgehead atoms. The lowest BCUT2D eigenvalue weighted by Crippen LogP contribution is -2.45. The number of amides is 1. The summed E-state index contributed by atoms with van der Waals surface area (Å²) in [5.41, 5.74) is 2.22. The number of likely N-dealkylation sites (tertiary alicyclic amines) is 1. The zero-order chi connectivity index (χ0) is 20.2. The van der Waals surface area contributed by atoms with E-state index in [4.69, 9.17) is 4.98 Å². The van der Waals surface area contributed by atoms with Crippen LogP contribution in [0.2, 0.25) is 0 Å². The predicted molar refractivity (Wildman–Crippen MR) is 115 cm³/mol. The molecule has 4 rings (SSSR count). The van der Waals surface area contributed by atoms with Gasteiger partial charge in [-0.2, -0.15) is 5.26 Å². The van der Waals surface area contributed by atoms with Crippen molar-refractivity contribution < 1.29 is 4.79 Å². The van der Waals surface area contributed by atoms with Gasteiger partial charge in [0, 0.05) is 29.6 Å². The topological polar surface area (TPSA) is 60.2 Å². The van der Waals surface area contributed by atoms with Crippen LogP contribution in [0.15, 0.2) is 30.3 Å². The molecule has 1 unspecified atom stereocenters. The highest BCUT2D eigenvalue weighted by Crippen LogP contribution is 2.31. The zero-order valence-electron chi connectivity index (χ0n) is 17.0. The second-order valence-corrected chi connectivity index (χ2v) is 9.31. The van der Waals surface area contributed by atoms with Crippen LogP contribution in [-0.2, 0) is 11.3 Å². The van der Waals surface area contributed by atoms with Gasteiger partial charge in [-0.05, 0) is 32.6 Å². The van der Waals surface area contributed by atoms with E-state index in [0.717, 1.165) is 41.9 Å². The van der Waals surface area contributed by atoms with Crippen LogP contribution in [0.3, 0.4) is 0 Å². The third kappa shape index (κ3) is 4.52. The minimum absolute atomic E-state index is 0.0946. The first-order chi connectivity index (χ1) is 14.2. The summed E-state index contributed by atoms with van der Waals surface area (Å²) in [6.07, 6.45) is 6.47. The highest BCUT2D eigenvalue weighted by molar-refractivity contribution is 7.15. The molecule has 1 aromatic carbocycles. The number of aryl methyl sites for hydroxylation is 1. The molecule has 2 aliphatic rings. The number of nitriles is 1. The van der Waals surface area contributed by atoms with Crippen molar-refractivity contribution in [2.45, 2.75) is 64.1 Å². The van der Waals surface area contributed by atoms with Gasteiger partial charge in [0.1, 0.15) is 11.0 Å². The number of hydrogen-bond donors (Lipinski definition) is 0. The molecule has 1 atom stereocenters. The number of nitrogens with zero attached hydrogens (tertiary/aromatic N) is 4. The van der Waals surface area contributed by atoms with Crippen LogP contribution in [0.1, 0.15) is 49.1 Å². The largest absolute Gasteiger partial charge is 0.326 e. The smallest absolute Gasteiger partial charge is 0.237 e. The maximum atomic E-state index is 13.0. The van der Waals surface area contributed by atoms with Crippen molar-refractivity contribution in [1.82, 2.24) is 14.8 Å². The molecule has 1 amide bonds. The zero-order valence-corrected chi connectivity index (χ0v) is 17.8. The van der Waals surface area contributed by atoms with Gasteiger partial charge in [-0.1, -0.05) is 43.2 Å². The molecule has 29 heavy (non-hydrogen) atoms. The van der Waals surface area contributed by atoms with Gasteiger partial charge in [-0.3, -0.25) is 9.69 Å². The standard InChI is InChI=1S/C23H28N4OS/c1-17-21(25-23(29-17)18-8-3-2-4-9-18)15-26(19-10-5-6-11-19)16-22(28)27-13-7-12-20(27)14-24/h2-4,8-9,19-20H,5-7,10-13,15-16H2,1H3. The third-order valence-electron chi connectivity index (χ3n) is 6.17. The lowest BCUT2D eigenvalue weighted by atomic mass is 10.2. The molecule has 1 saturated carbocycles. The summed E-state index contributed by atoms with van der Waals surface area (Å²) in [5.74, 6) is 0.0946. The van der Waals surface area contributed by atoms with E-state index in [0.29, 0.717) is 25.7 Å². The summed E-state index contributed by atoms with van der Waals surface area (Å²) < 4.78 is 0. The molecule has 1 saturated heterocycles. The fraction of sp³-hybridized carbons (Fsp3) is 0.522. The summed E-state index contributed by atoms with van der Waals surface area (Å²) in [5, 5.41) is 10.4. The van der Waals surface area contributed by atoms with Crippen molar-refractivity contribution in [2.24, 2.45) is 0 Å². The van der Waals surface area contributed by atoms with E-state index in [2.05, 4.69) is 30.0 Å². The first-order valence-electron chi connectivity index (χ1n) is 10.6. The lowest BCUT2D eigenvalue weighted by Gasteiger charge is -2.30. The van der Waals surface area contributed by atoms with E-state index >= 15 is 0 Å². The molecule has 2 aromatic rings. The number of hydrogen-bond acceptors (Lipinski definition) is 5. The summed E-state index contributed by atoms with van der Waals surface area (Å²) in [6.45, 7) is 3.93. The van der Waals surface area contributed by atoms with Crippen molar-refractivity contribution >= 4 is 17.2 Å². The summed E-state index contributed by atoms with van der Waals surface area (Å²) in [4.78, 5) is 23.2. The Bertz CT molecular complexity index is 882. The Balaban J connectivity index is 1.51. The highest BCUT2D eigenvalue weighted by atomic mass is 32.1. The molecule has 5 nitrogen and oxygen atoms in total. The molecule has 1 aliphatic heterocycles. The number of thiazole rings is 1. The first kappa shape index (κ1) is 20.1. The molecular formula is C23H28N4OS. The maximum Gasteiger partial charge on any atom is 0.237 e. The second kappa shape index (κ2) is 9.06. The third-order valence-corrected chi connectivity index (χ3v) is 7.23. The van der Waals surface area contributed by atoms with Crippen LogP contribution in [0, 0.1) is 18.3 Å². The Morgan fingerprint density at radius 2 is 2.00 bits per heavy atom. The van der Waals surface area contributed by atoms with Crippen LogP contribution in [0.5, 0.6) is 0 Å². The fourth-order valence-corrected chi connectivity index (χ4v) is 5.45. The number of aromatic nitrogens is 1. The van der Waals surface area contributed by atoms with Crippen molar-refractivity contribution in [1.29, 1.82) is 5.26 Å². The van der Waals surface area contributed by atoms with Crippen LogP contribution in [0.25, 0.3) is 10.6 Å². The van der Waals surface area contributed by atoms with Crippen molar-refractivity contribution in [2.75, 3.05) is 13.1 Å². The summed E-state index contributed by atoms with van der Waals surface area (Å²) in [7, 11) is 0. The van der Waals surface area contributed by atoms with E-state index in [1.54, 1.807) is 16.2 Å². The molecule has 0 spiro atoms. The van der Waals surface area contributed by atoms with E-state index in [-0.39, 0.29) is 11.9 Å². The van der Waals surface area contributed by atoms with Crippen LogP contribution in [-0.4, -0.2) is 45.9 Å². The van der Waals surface area contributed by atoms with Gasteiger partial charge in [0.15, 0.2) is 0 Å². The quantitative estimate of drug-likeness (QED) is 0.712. The minimum Gasteiger partial charge on any atom is -0.326 e. The Morgan fingerprint density at radius 3 is 2.72 bits per heavy atom. The molecule has 0 radical (unpaired) electrons. The van der Waals surface area contributed by atoms with Crippen molar-refractivity contribution in [3.63, 3.8) is 0 Å². The molecule has 6 heteroatoms. The van der Waals surface area contributed by atoms with Crippen molar-refractivity contribution in [3.05, 3.63) is 40.9 Å².